The molecule has 1 N–H and O–H groups in total. The van der Waals surface area contributed by atoms with Crippen LogP contribution in [0.5, 0.6) is 0 Å². The molecule has 4 rings (SSSR count). The number of thioether (sulfide) groups is 2. The van der Waals surface area contributed by atoms with Crippen LogP contribution in [0.2, 0.25) is 0 Å². The molecule has 3 nitrogen and oxygen atoms in total. The molecule has 1 aromatic rings. The van der Waals surface area contributed by atoms with Gasteiger partial charge in [-0.15, -0.1) is 23.5 Å². The number of nitriles is 1. The van der Waals surface area contributed by atoms with Gasteiger partial charge in [0.05, 0.1) is 15.7 Å². The van der Waals surface area contributed by atoms with Crippen LogP contribution in [-0.4, -0.2) is 21.5 Å². The Morgan fingerprint density at radius 1 is 1.21 bits per heavy atom. The third-order valence-electron chi connectivity index (χ3n) is 5.75. The number of amides is 1. The summed E-state index contributed by atoms with van der Waals surface area (Å²) in [6, 6.07) is 9.34. The van der Waals surface area contributed by atoms with Gasteiger partial charge in [-0.2, -0.15) is 5.26 Å². The van der Waals surface area contributed by atoms with E-state index in [9.17, 15) is 4.79 Å². The van der Waals surface area contributed by atoms with E-state index in [0.29, 0.717) is 21.5 Å². The minimum atomic E-state index is 0.124. The highest BCUT2D eigenvalue weighted by Crippen LogP contribution is 2.64. The highest BCUT2D eigenvalue weighted by atomic mass is 32.2. The molecule has 3 aliphatic rings. The Bertz CT molecular complexity index is 662. The average Bonchev–Trinajstić information content (AvgIpc) is 3.04. The molecule has 1 spiro atoms. The monoisotopic (exact) mass is 358 g/mol. The highest BCUT2D eigenvalue weighted by Gasteiger charge is 2.55. The zero-order valence-corrected chi connectivity index (χ0v) is 15.3. The SMILES string of the molecule is N#Cc1cccc(NC(=O)C2C[C@H]3CCC[C@H](C2)C32SCCS2)c1. The molecular formula is C19H22N2OS2. The normalized spacial score (nSPS) is 30.7. The van der Waals surface area contributed by atoms with Crippen molar-refractivity contribution in [3.63, 3.8) is 0 Å². The lowest BCUT2D eigenvalue weighted by atomic mass is 9.67. The van der Waals surface area contributed by atoms with Crippen molar-refractivity contribution in [3.05, 3.63) is 29.8 Å². The molecule has 1 amide bonds. The number of carbonyl (C=O) groups excluding carboxylic acids is 1. The number of carbonyl (C=O) groups is 1. The van der Waals surface area contributed by atoms with Crippen LogP contribution >= 0.6 is 23.5 Å². The predicted octanol–water partition coefficient (Wildman–Crippen LogP) is 4.50. The van der Waals surface area contributed by atoms with Gasteiger partial charge in [0, 0.05) is 23.1 Å². The Kier molecular flexibility index (Phi) is 4.53. The molecule has 0 unspecified atom stereocenters. The smallest absolute Gasteiger partial charge is 0.227 e. The maximum atomic E-state index is 12.8. The van der Waals surface area contributed by atoms with Crippen molar-refractivity contribution in [1.29, 1.82) is 5.26 Å². The fourth-order valence-electron chi connectivity index (χ4n) is 4.73. The molecule has 1 aliphatic heterocycles. The molecule has 5 heteroatoms. The summed E-state index contributed by atoms with van der Waals surface area (Å²) in [5.41, 5.74) is 1.33. The summed E-state index contributed by atoms with van der Waals surface area (Å²) in [5.74, 6) is 4.18. The van der Waals surface area contributed by atoms with Gasteiger partial charge in [0.15, 0.2) is 0 Å². The molecule has 0 aromatic heterocycles. The Morgan fingerprint density at radius 2 is 1.92 bits per heavy atom. The molecule has 1 saturated heterocycles. The van der Waals surface area contributed by atoms with E-state index in [0.717, 1.165) is 18.5 Å². The number of hydrogen-bond acceptors (Lipinski definition) is 4. The van der Waals surface area contributed by atoms with E-state index in [1.165, 1.54) is 30.8 Å². The van der Waals surface area contributed by atoms with Crippen molar-refractivity contribution in [2.45, 2.75) is 36.2 Å². The van der Waals surface area contributed by atoms with Gasteiger partial charge in [-0.05, 0) is 55.7 Å². The van der Waals surface area contributed by atoms with Crippen LogP contribution in [0, 0.1) is 29.1 Å². The predicted molar refractivity (Wildman–Crippen MR) is 101 cm³/mol. The van der Waals surface area contributed by atoms with Crippen molar-refractivity contribution < 1.29 is 4.79 Å². The maximum absolute atomic E-state index is 12.8. The van der Waals surface area contributed by atoms with Gasteiger partial charge < -0.3 is 5.32 Å². The summed E-state index contributed by atoms with van der Waals surface area (Å²) >= 11 is 4.35. The zero-order valence-electron chi connectivity index (χ0n) is 13.7. The molecule has 3 fully saturated rings. The molecule has 24 heavy (non-hydrogen) atoms. The first-order valence-electron chi connectivity index (χ1n) is 8.80. The van der Waals surface area contributed by atoms with E-state index in [-0.39, 0.29) is 11.8 Å². The molecular weight excluding hydrogens is 336 g/mol. The number of anilines is 1. The standard InChI is InChI=1S/C19H22N2OS2/c20-12-13-3-1-6-17(9-13)21-18(22)14-10-15-4-2-5-16(11-14)19(15)23-7-8-24-19/h1,3,6,9,14-16H,2,4-5,7-8,10-11H2,(H,21,22)/t15-,16-/m1/s1. The summed E-state index contributed by atoms with van der Waals surface area (Å²) in [5, 5.41) is 12.1. The minimum absolute atomic E-state index is 0.124. The van der Waals surface area contributed by atoms with Crippen molar-refractivity contribution in [2.75, 3.05) is 16.8 Å². The molecule has 2 bridgehead atoms. The lowest BCUT2D eigenvalue weighted by Crippen LogP contribution is -2.48. The van der Waals surface area contributed by atoms with Gasteiger partial charge in [-0.3, -0.25) is 4.79 Å². The van der Waals surface area contributed by atoms with Gasteiger partial charge >= 0.3 is 0 Å². The van der Waals surface area contributed by atoms with Crippen LogP contribution in [0.1, 0.15) is 37.7 Å². The number of nitrogens with one attached hydrogen (secondary N) is 1. The van der Waals surface area contributed by atoms with Crippen molar-refractivity contribution in [3.8, 4) is 6.07 Å². The Labute approximate surface area is 152 Å². The first-order valence-corrected chi connectivity index (χ1v) is 10.8. The quantitative estimate of drug-likeness (QED) is 0.846. The van der Waals surface area contributed by atoms with Crippen LogP contribution in [0.4, 0.5) is 5.69 Å². The Hall–Kier alpha value is -1.12. The third-order valence-corrected chi connectivity index (χ3v) is 9.77. The molecule has 0 radical (unpaired) electrons. The topological polar surface area (TPSA) is 52.9 Å². The Balaban J connectivity index is 1.48. The first-order chi connectivity index (χ1) is 11.7. The minimum Gasteiger partial charge on any atom is -0.326 e. The zero-order chi connectivity index (χ0) is 16.6. The number of benzene rings is 1. The molecule has 1 aromatic carbocycles. The van der Waals surface area contributed by atoms with E-state index >= 15 is 0 Å². The molecule has 2 atom stereocenters. The van der Waals surface area contributed by atoms with E-state index in [4.69, 9.17) is 5.26 Å². The largest absolute Gasteiger partial charge is 0.326 e. The van der Waals surface area contributed by atoms with Crippen molar-refractivity contribution in [1.82, 2.24) is 0 Å². The van der Waals surface area contributed by atoms with Gasteiger partial charge in [0.25, 0.3) is 0 Å². The molecule has 2 aliphatic carbocycles. The van der Waals surface area contributed by atoms with Gasteiger partial charge in [-0.1, -0.05) is 12.5 Å². The summed E-state index contributed by atoms with van der Waals surface area (Å²) in [7, 11) is 0. The maximum Gasteiger partial charge on any atom is 0.227 e. The fraction of sp³-hybridized carbons (Fsp3) is 0.579. The van der Waals surface area contributed by atoms with Crippen LogP contribution in [-0.2, 0) is 4.79 Å². The van der Waals surface area contributed by atoms with Crippen molar-refractivity contribution in [2.24, 2.45) is 17.8 Å². The summed E-state index contributed by atoms with van der Waals surface area (Å²) < 4.78 is 0.412. The average molecular weight is 359 g/mol. The van der Waals surface area contributed by atoms with Gasteiger partial charge in [-0.25, -0.2) is 0 Å². The van der Waals surface area contributed by atoms with E-state index < -0.39 is 0 Å². The lowest BCUT2D eigenvalue weighted by molar-refractivity contribution is -0.122. The van der Waals surface area contributed by atoms with Crippen LogP contribution in [0.25, 0.3) is 0 Å². The van der Waals surface area contributed by atoms with Gasteiger partial charge in [0.1, 0.15) is 0 Å². The van der Waals surface area contributed by atoms with E-state index in [2.05, 4.69) is 34.9 Å². The molecule has 1 heterocycles. The third kappa shape index (κ3) is 2.84. The van der Waals surface area contributed by atoms with Crippen LogP contribution < -0.4 is 5.32 Å². The number of rotatable bonds is 2. The molecule has 2 saturated carbocycles. The summed E-state index contributed by atoms with van der Waals surface area (Å²) in [4.78, 5) is 12.8. The van der Waals surface area contributed by atoms with Crippen molar-refractivity contribution >= 4 is 35.1 Å². The van der Waals surface area contributed by atoms with E-state index in [1.807, 2.05) is 12.1 Å². The highest BCUT2D eigenvalue weighted by molar-refractivity contribution is 8.21. The fourth-order valence-corrected chi connectivity index (χ4v) is 8.67. The van der Waals surface area contributed by atoms with Crippen LogP contribution in [0.15, 0.2) is 24.3 Å². The first kappa shape index (κ1) is 16.4. The number of hydrogen-bond donors (Lipinski definition) is 1. The van der Waals surface area contributed by atoms with Crippen LogP contribution in [0.3, 0.4) is 0 Å². The molecule has 126 valence electrons. The second kappa shape index (κ2) is 6.65. The second-order valence-electron chi connectivity index (χ2n) is 7.09. The van der Waals surface area contributed by atoms with Gasteiger partial charge in [0.2, 0.25) is 5.91 Å². The lowest BCUT2D eigenvalue weighted by Gasteiger charge is -2.52. The summed E-state index contributed by atoms with van der Waals surface area (Å²) in [6.45, 7) is 0. The summed E-state index contributed by atoms with van der Waals surface area (Å²) in [6.07, 6.45) is 5.95. The number of nitrogens with zero attached hydrogens (tertiary/aromatic N) is 1. The second-order valence-corrected chi connectivity index (χ2v) is 10.1. The van der Waals surface area contributed by atoms with E-state index in [1.54, 1.807) is 12.1 Å². The Morgan fingerprint density at radius 3 is 2.58 bits per heavy atom.